The molecule has 1 aliphatic carbocycles. The van der Waals surface area contributed by atoms with Crippen LogP contribution in [0, 0.1) is 0 Å². The van der Waals surface area contributed by atoms with Gasteiger partial charge in [0.1, 0.15) is 0 Å². The van der Waals surface area contributed by atoms with Crippen LogP contribution < -0.4 is 11.1 Å². The minimum Gasteiger partial charge on any atom is -0.354 e. The van der Waals surface area contributed by atoms with Crippen LogP contribution in [0.1, 0.15) is 45.1 Å². The van der Waals surface area contributed by atoms with E-state index in [9.17, 15) is 4.79 Å². The van der Waals surface area contributed by atoms with E-state index in [1.807, 2.05) is 6.07 Å². The topological polar surface area (TPSA) is 55.1 Å². The normalized spacial score (nSPS) is 18.3. The average molecular weight is 260 g/mol. The fraction of sp³-hybridized carbons (Fsp3) is 0.562. The van der Waals surface area contributed by atoms with Crippen LogP contribution in [0.4, 0.5) is 0 Å². The Balaban J connectivity index is 2.12. The van der Waals surface area contributed by atoms with Crippen molar-refractivity contribution in [3.63, 3.8) is 0 Å². The van der Waals surface area contributed by atoms with Crippen molar-refractivity contribution < 1.29 is 4.79 Å². The van der Waals surface area contributed by atoms with Crippen LogP contribution in [0.3, 0.4) is 0 Å². The van der Waals surface area contributed by atoms with Crippen LogP contribution in [0.25, 0.3) is 0 Å². The van der Waals surface area contributed by atoms with Gasteiger partial charge in [-0.05, 0) is 32.3 Å². The number of hydrogen-bond acceptors (Lipinski definition) is 2. The summed E-state index contributed by atoms with van der Waals surface area (Å²) < 4.78 is 0. The molecule has 0 saturated heterocycles. The first kappa shape index (κ1) is 14.1. The van der Waals surface area contributed by atoms with Crippen molar-refractivity contribution in [1.29, 1.82) is 0 Å². The highest BCUT2D eigenvalue weighted by molar-refractivity contribution is 5.85. The second-order valence-corrected chi connectivity index (χ2v) is 6.26. The molecule has 0 radical (unpaired) electrons. The molecule has 3 heteroatoms. The van der Waals surface area contributed by atoms with Gasteiger partial charge in [-0.1, -0.05) is 43.2 Å². The maximum atomic E-state index is 12.0. The number of hydrogen-bond donors (Lipinski definition) is 2. The fourth-order valence-electron chi connectivity index (χ4n) is 2.89. The molecule has 3 N–H and O–H groups in total. The Morgan fingerprint density at radius 1 is 1.26 bits per heavy atom. The Labute approximate surface area is 115 Å². The van der Waals surface area contributed by atoms with Gasteiger partial charge in [-0.15, -0.1) is 0 Å². The van der Waals surface area contributed by atoms with Crippen molar-refractivity contribution in [2.75, 3.05) is 6.54 Å². The van der Waals surface area contributed by atoms with E-state index in [-0.39, 0.29) is 11.3 Å². The van der Waals surface area contributed by atoms with E-state index in [0.717, 1.165) is 12.8 Å². The zero-order valence-electron chi connectivity index (χ0n) is 11.9. The highest BCUT2D eigenvalue weighted by Gasteiger charge is 2.36. The van der Waals surface area contributed by atoms with Gasteiger partial charge in [0.15, 0.2) is 0 Å². The van der Waals surface area contributed by atoms with Crippen molar-refractivity contribution >= 4 is 5.91 Å². The Morgan fingerprint density at radius 3 is 2.37 bits per heavy atom. The van der Waals surface area contributed by atoms with E-state index in [4.69, 9.17) is 5.73 Å². The standard InChI is InChI=1S/C16H24N2O/c1-15(2,17)14(19)18-12-16(10-6-7-11-16)13-8-4-3-5-9-13/h3-5,8-9H,6-7,10-12,17H2,1-2H3,(H,18,19). The average Bonchev–Trinajstić information content (AvgIpc) is 2.86. The number of nitrogens with one attached hydrogen (secondary N) is 1. The number of carbonyl (C=O) groups excluding carboxylic acids is 1. The Morgan fingerprint density at radius 2 is 1.84 bits per heavy atom. The highest BCUT2D eigenvalue weighted by Crippen LogP contribution is 2.40. The molecule has 1 amide bonds. The second kappa shape index (κ2) is 5.33. The smallest absolute Gasteiger partial charge is 0.239 e. The molecular formula is C16H24N2O. The van der Waals surface area contributed by atoms with Gasteiger partial charge in [-0.25, -0.2) is 0 Å². The van der Waals surface area contributed by atoms with Gasteiger partial charge in [0.25, 0.3) is 0 Å². The van der Waals surface area contributed by atoms with Crippen molar-refractivity contribution in [3.8, 4) is 0 Å². The lowest BCUT2D eigenvalue weighted by molar-refractivity contribution is -0.125. The van der Waals surface area contributed by atoms with E-state index in [1.165, 1.54) is 18.4 Å². The van der Waals surface area contributed by atoms with Crippen LogP contribution in [-0.4, -0.2) is 18.0 Å². The maximum Gasteiger partial charge on any atom is 0.239 e. The Kier molecular flexibility index (Phi) is 3.95. The summed E-state index contributed by atoms with van der Waals surface area (Å²) in [6.45, 7) is 4.18. The van der Waals surface area contributed by atoms with Crippen molar-refractivity contribution in [2.45, 2.75) is 50.5 Å². The predicted molar refractivity (Wildman–Crippen MR) is 77.9 cm³/mol. The number of nitrogens with two attached hydrogens (primary N) is 1. The molecule has 1 saturated carbocycles. The van der Waals surface area contributed by atoms with Gasteiger partial charge in [0, 0.05) is 12.0 Å². The molecule has 1 aromatic rings. The molecule has 1 fully saturated rings. The third kappa shape index (κ3) is 3.16. The first-order valence-corrected chi connectivity index (χ1v) is 7.07. The summed E-state index contributed by atoms with van der Waals surface area (Å²) in [5, 5.41) is 3.04. The summed E-state index contributed by atoms with van der Waals surface area (Å²) in [7, 11) is 0. The van der Waals surface area contributed by atoms with E-state index in [1.54, 1.807) is 13.8 Å². The number of benzene rings is 1. The third-order valence-corrected chi connectivity index (χ3v) is 4.12. The molecule has 19 heavy (non-hydrogen) atoms. The summed E-state index contributed by atoms with van der Waals surface area (Å²) in [4.78, 5) is 12.0. The van der Waals surface area contributed by atoms with E-state index >= 15 is 0 Å². The highest BCUT2D eigenvalue weighted by atomic mass is 16.2. The zero-order chi connectivity index (χ0) is 13.9. The largest absolute Gasteiger partial charge is 0.354 e. The van der Waals surface area contributed by atoms with Gasteiger partial charge in [-0.3, -0.25) is 4.79 Å². The first-order chi connectivity index (χ1) is 8.94. The number of amides is 1. The third-order valence-electron chi connectivity index (χ3n) is 4.12. The lowest BCUT2D eigenvalue weighted by atomic mass is 9.78. The molecule has 3 nitrogen and oxygen atoms in total. The molecule has 1 aliphatic rings. The molecule has 1 aromatic carbocycles. The number of rotatable bonds is 4. The number of carbonyl (C=O) groups is 1. The lowest BCUT2D eigenvalue weighted by Crippen LogP contribution is -2.52. The molecule has 104 valence electrons. The van der Waals surface area contributed by atoms with Crippen LogP contribution in [0.2, 0.25) is 0 Å². The Bertz CT molecular complexity index is 428. The van der Waals surface area contributed by atoms with Gasteiger partial charge < -0.3 is 11.1 Å². The summed E-state index contributed by atoms with van der Waals surface area (Å²) in [6.07, 6.45) is 4.75. The van der Waals surface area contributed by atoms with Crippen LogP contribution in [-0.2, 0) is 10.2 Å². The maximum absolute atomic E-state index is 12.0. The zero-order valence-corrected chi connectivity index (χ0v) is 11.9. The molecule has 0 atom stereocenters. The van der Waals surface area contributed by atoms with Gasteiger partial charge >= 0.3 is 0 Å². The summed E-state index contributed by atoms with van der Waals surface area (Å²) in [6, 6.07) is 10.5. The quantitative estimate of drug-likeness (QED) is 0.873. The molecule has 2 rings (SSSR count). The molecule has 0 unspecified atom stereocenters. The SMILES string of the molecule is CC(C)(N)C(=O)NCC1(c2ccccc2)CCCC1. The fourth-order valence-corrected chi connectivity index (χ4v) is 2.89. The monoisotopic (exact) mass is 260 g/mol. The van der Waals surface area contributed by atoms with E-state index in [0.29, 0.717) is 6.54 Å². The predicted octanol–water partition coefficient (Wildman–Crippen LogP) is 2.35. The van der Waals surface area contributed by atoms with Crippen LogP contribution >= 0.6 is 0 Å². The molecule has 0 aromatic heterocycles. The summed E-state index contributed by atoms with van der Waals surface area (Å²) >= 11 is 0. The minimum atomic E-state index is -0.809. The van der Waals surface area contributed by atoms with Crippen LogP contribution in [0.5, 0.6) is 0 Å². The molecule has 0 aliphatic heterocycles. The molecule has 0 spiro atoms. The van der Waals surface area contributed by atoms with E-state index in [2.05, 4.69) is 29.6 Å². The summed E-state index contributed by atoms with van der Waals surface area (Å²) in [5.74, 6) is -0.0743. The first-order valence-electron chi connectivity index (χ1n) is 7.07. The van der Waals surface area contributed by atoms with Gasteiger partial charge in [0.05, 0.1) is 5.54 Å². The van der Waals surface area contributed by atoms with Gasteiger partial charge in [0.2, 0.25) is 5.91 Å². The lowest BCUT2D eigenvalue weighted by Gasteiger charge is -2.31. The molecular weight excluding hydrogens is 236 g/mol. The van der Waals surface area contributed by atoms with Crippen molar-refractivity contribution in [3.05, 3.63) is 35.9 Å². The van der Waals surface area contributed by atoms with Gasteiger partial charge in [-0.2, -0.15) is 0 Å². The van der Waals surface area contributed by atoms with Crippen molar-refractivity contribution in [1.82, 2.24) is 5.32 Å². The van der Waals surface area contributed by atoms with E-state index < -0.39 is 5.54 Å². The molecule has 0 bridgehead atoms. The molecule has 0 heterocycles. The Hall–Kier alpha value is -1.35. The summed E-state index contributed by atoms with van der Waals surface area (Å²) in [5.41, 5.74) is 6.46. The minimum absolute atomic E-state index is 0.0743. The van der Waals surface area contributed by atoms with Crippen molar-refractivity contribution in [2.24, 2.45) is 5.73 Å². The van der Waals surface area contributed by atoms with Crippen LogP contribution in [0.15, 0.2) is 30.3 Å². The second-order valence-electron chi connectivity index (χ2n) is 6.26.